The first-order valence-corrected chi connectivity index (χ1v) is 11.9. The molecule has 1 saturated heterocycles. The Balaban J connectivity index is 2.21. The normalized spacial score (nSPS) is 15.5. The minimum Gasteiger partial charge on any atom is -0.495 e. The van der Waals surface area contributed by atoms with Crippen molar-refractivity contribution < 1.29 is 22.7 Å². The number of ether oxygens (including phenoxy) is 1. The minimum absolute atomic E-state index is 0.00857. The first-order chi connectivity index (χ1) is 14.1. The van der Waals surface area contributed by atoms with Crippen LogP contribution in [0.2, 0.25) is 0 Å². The molecule has 1 heterocycles. The molecule has 1 aromatic rings. The van der Waals surface area contributed by atoms with Crippen molar-refractivity contribution in [2.45, 2.75) is 51.5 Å². The third kappa shape index (κ3) is 5.31. The van der Waals surface area contributed by atoms with E-state index in [0.717, 1.165) is 0 Å². The van der Waals surface area contributed by atoms with Crippen molar-refractivity contribution in [3.8, 4) is 5.75 Å². The van der Waals surface area contributed by atoms with Crippen molar-refractivity contribution in [2.24, 2.45) is 5.92 Å². The molecule has 0 saturated carbocycles. The van der Waals surface area contributed by atoms with E-state index in [2.05, 4.69) is 5.32 Å². The van der Waals surface area contributed by atoms with Gasteiger partial charge in [0.25, 0.3) is 5.91 Å². The zero-order chi connectivity index (χ0) is 22.5. The molecule has 1 aliphatic rings. The van der Waals surface area contributed by atoms with Gasteiger partial charge >= 0.3 is 0 Å². The fourth-order valence-electron chi connectivity index (χ4n) is 3.64. The quantitative estimate of drug-likeness (QED) is 0.669. The molecule has 0 aromatic heterocycles. The zero-order valence-electron chi connectivity index (χ0n) is 18.5. The summed E-state index contributed by atoms with van der Waals surface area (Å²) in [7, 11) is -2.37. The summed E-state index contributed by atoms with van der Waals surface area (Å²) in [6, 6.07) is 4.58. The first kappa shape index (κ1) is 24.1. The maximum absolute atomic E-state index is 13.0. The van der Waals surface area contributed by atoms with Gasteiger partial charge in [0.05, 0.1) is 7.11 Å². The average molecular weight is 440 g/mol. The molecular weight excluding hydrogens is 406 g/mol. The second-order valence-corrected chi connectivity index (χ2v) is 9.59. The SMILES string of the molecule is CCN(CC)S(=O)(=O)c1cc(C(=O)N2CCC(C(=O)NC(C)C)CC2)ccc1OC. The molecule has 1 N–H and O–H groups in total. The highest BCUT2D eigenvalue weighted by atomic mass is 32.2. The highest BCUT2D eigenvalue weighted by Crippen LogP contribution is 2.29. The average Bonchev–Trinajstić information content (AvgIpc) is 2.73. The molecule has 1 aromatic carbocycles. The monoisotopic (exact) mass is 439 g/mol. The maximum atomic E-state index is 13.0. The number of carbonyl (C=O) groups excluding carboxylic acids is 2. The van der Waals surface area contributed by atoms with Crippen LogP contribution in [0.15, 0.2) is 23.1 Å². The summed E-state index contributed by atoms with van der Waals surface area (Å²) >= 11 is 0. The van der Waals surface area contributed by atoms with E-state index in [0.29, 0.717) is 44.6 Å². The lowest BCUT2D eigenvalue weighted by Gasteiger charge is -2.32. The molecule has 1 fully saturated rings. The van der Waals surface area contributed by atoms with Gasteiger partial charge in [0.1, 0.15) is 10.6 Å². The molecular formula is C21H33N3O5S. The molecule has 2 amide bonds. The van der Waals surface area contributed by atoms with Gasteiger partial charge in [0, 0.05) is 43.7 Å². The van der Waals surface area contributed by atoms with E-state index < -0.39 is 10.0 Å². The van der Waals surface area contributed by atoms with E-state index in [4.69, 9.17) is 4.74 Å². The summed E-state index contributed by atoms with van der Waals surface area (Å²) in [5.74, 6) is -0.112. The van der Waals surface area contributed by atoms with Crippen molar-refractivity contribution in [2.75, 3.05) is 33.3 Å². The smallest absolute Gasteiger partial charge is 0.253 e. The van der Waals surface area contributed by atoms with Crippen molar-refractivity contribution >= 4 is 21.8 Å². The van der Waals surface area contributed by atoms with Gasteiger partial charge in [0.2, 0.25) is 15.9 Å². The van der Waals surface area contributed by atoms with Gasteiger partial charge in [-0.05, 0) is 44.9 Å². The van der Waals surface area contributed by atoms with Gasteiger partial charge in [-0.25, -0.2) is 8.42 Å². The second-order valence-electron chi connectivity index (χ2n) is 7.68. The zero-order valence-corrected chi connectivity index (χ0v) is 19.3. The number of hydrogen-bond acceptors (Lipinski definition) is 5. The number of nitrogens with one attached hydrogen (secondary N) is 1. The number of rotatable bonds is 8. The molecule has 8 nitrogen and oxygen atoms in total. The standard InChI is InChI=1S/C21H33N3O5S/c1-6-24(7-2)30(27,28)19-14-17(8-9-18(19)29-5)21(26)23-12-10-16(11-13-23)20(25)22-15(3)4/h8-9,14-16H,6-7,10-13H2,1-5H3,(H,22,25). The summed E-state index contributed by atoms with van der Waals surface area (Å²) in [4.78, 5) is 26.9. The van der Waals surface area contributed by atoms with Crippen molar-refractivity contribution in [1.29, 1.82) is 0 Å². The Morgan fingerprint density at radius 2 is 1.80 bits per heavy atom. The molecule has 0 bridgehead atoms. The number of methoxy groups -OCH3 is 1. The highest BCUT2D eigenvalue weighted by molar-refractivity contribution is 7.89. The van der Waals surface area contributed by atoms with Crippen molar-refractivity contribution in [1.82, 2.24) is 14.5 Å². The molecule has 168 valence electrons. The number of carbonyl (C=O) groups is 2. The van der Waals surface area contributed by atoms with Crippen LogP contribution in [0.5, 0.6) is 5.75 Å². The lowest BCUT2D eigenvalue weighted by Crippen LogP contribution is -2.44. The Morgan fingerprint density at radius 3 is 2.30 bits per heavy atom. The van der Waals surface area contributed by atoms with E-state index in [1.807, 2.05) is 13.8 Å². The molecule has 0 atom stereocenters. The van der Waals surface area contributed by atoms with Crippen LogP contribution in [0.4, 0.5) is 0 Å². The Morgan fingerprint density at radius 1 is 1.20 bits per heavy atom. The summed E-state index contributed by atoms with van der Waals surface area (Å²) in [6.45, 7) is 8.94. The number of benzene rings is 1. The molecule has 2 rings (SSSR count). The van der Waals surface area contributed by atoms with Crippen molar-refractivity contribution in [3.63, 3.8) is 0 Å². The lowest BCUT2D eigenvalue weighted by atomic mass is 9.95. The first-order valence-electron chi connectivity index (χ1n) is 10.4. The van der Waals surface area contributed by atoms with Gasteiger partial charge in [-0.15, -0.1) is 0 Å². The minimum atomic E-state index is -3.78. The predicted molar refractivity (Wildman–Crippen MR) is 115 cm³/mol. The molecule has 0 spiro atoms. The molecule has 1 aliphatic heterocycles. The molecule has 0 unspecified atom stereocenters. The van der Waals surface area contributed by atoms with E-state index >= 15 is 0 Å². The summed E-state index contributed by atoms with van der Waals surface area (Å²) in [5, 5.41) is 2.92. The molecule has 0 radical (unpaired) electrons. The topological polar surface area (TPSA) is 96.0 Å². The molecule has 30 heavy (non-hydrogen) atoms. The third-order valence-corrected chi connectivity index (χ3v) is 7.39. The van der Waals surface area contributed by atoms with Crippen LogP contribution in [0.1, 0.15) is 50.9 Å². The predicted octanol–water partition coefficient (Wildman–Crippen LogP) is 2.10. The fraction of sp³-hybridized carbons (Fsp3) is 0.619. The number of amides is 2. The Labute approximate surface area is 179 Å². The van der Waals surface area contributed by atoms with Crippen LogP contribution in [0.25, 0.3) is 0 Å². The molecule has 0 aliphatic carbocycles. The van der Waals surface area contributed by atoms with Gasteiger partial charge in [-0.1, -0.05) is 13.8 Å². The Bertz CT molecular complexity index is 857. The summed E-state index contributed by atoms with van der Waals surface area (Å²) in [5.41, 5.74) is 0.298. The lowest BCUT2D eigenvalue weighted by molar-refractivity contribution is -0.126. The molecule has 9 heteroatoms. The van der Waals surface area contributed by atoms with Crippen LogP contribution in [-0.4, -0.2) is 68.8 Å². The van der Waals surface area contributed by atoms with E-state index in [1.54, 1.807) is 24.8 Å². The third-order valence-electron chi connectivity index (χ3n) is 5.32. The highest BCUT2D eigenvalue weighted by Gasteiger charge is 2.30. The van der Waals surface area contributed by atoms with Crippen LogP contribution >= 0.6 is 0 Å². The number of likely N-dealkylation sites (tertiary alicyclic amines) is 1. The van der Waals surface area contributed by atoms with Crippen molar-refractivity contribution in [3.05, 3.63) is 23.8 Å². The number of piperidine rings is 1. The summed E-state index contributed by atoms with van der Waals surface area (Å²) in [6.07, 6.45) is 1.18. The Hall–Kier alpha value is -2.13. The van der Waals surface area contributed by atoms with Crippen LogP contribution in [-0.2, 0) is 14.8 Å². The van der Waals surface area contributed by atoms with E-state index in [-0.39, 0.29) is 34.4 Å². The Kier molecular flexibility index (Phi) is 8.25. The van der Waals surface area contributed by atoms with E-state index in [1.165, 1.54) is 23.5 Å². The number of nitrogens with zero attached hydrogens (tertiary/aromatic N) is 2. The second kappa shape index (κ2) is 10.3. The van der Waals surface area contributed by atoms with Gasteiger partial charge in [0.15, 0.2) is 0 Å². The van der Waals surface area contributed by atoms with Crippen LogP contribution in [0.3, 0.4) is 0 Å². The van der Waals surface area contributed by atoms with Crippen LogP contribution in [0, 0.1) is 5.92 Å². The number of hydrogen-bond donors (Lipinski definition) is 1. The largest absolute Gasteiger partial charge is 0.495 e. The van der Waals surface area contributed by atoms with Gasteiger partial charge < -0.3 is 15.0 Å². The maximum Gasteiger partial charge on any atom is 0.253 e. The number of sulfonamides is 1. The van der Waals surface area contributed by atoms with Crippen LogP contribution < -0.4 is 10.1 Å². The van der Waals surface area contributed by atoms with Gasteiger partial charge in [-0.3, -0.25) is 9.59 Å². The van der Waals surface area contributed by atoms with E-state index in [9.17, 15) is 18.0 Å². The fourth-order valence-corrected chi connectivity index (χ4v) is 5.28. The van der Waals surface area contributed by atoms with Gasteiger partial charge in [-0.2, -0.15) is 4.31 Å². The summed E-state index contributed by atoms with van der Waals surface area (Å²) < 4.78 is 32.6.